The number of nitrogens with zero attached hydrogens (tertiary/aromatic N) is 3. The van der Waals surface area contributed by atoms with Crippen LogP contribution in [0.2, 0.25) is 0 Å². The normalized spacial score (nSPS) is 11.3. The quantitative estimate of drug-likeness (QED) is 0.303. The molecule has 0 bridgehead atoms. The van der Waals surface area contributed by atoms with Crippen molar-refractivity contribution in [3.05, 3.63) is 66.5 Å². The van der Waals surface area contributed by atoms with Crippen LogP contribution < -0.4 is 20.3 Å². The van der Waals surface area contributed by atoms with Crippen molar-refractivity contribution in [2.24, 2.45) is 0 Å². The van der Waals surface area contributed by atoms with E-state index in [1.165, 1.54) is 24.3 Å². The average Bonchev–Trinajstić information content (AvgIpc) is 2.85. The van der Waals surface area contributed by atoms with Gasteiger partial charge in [0.05, 0.1) is 0 Å². The molecule has 3 aromatic rings. The van der Waals surface area contributed by atoms with E-state index in [0.717, 1.165) is 30.6 Å². The van der Waals surface area contributed by atoms with E-state index in [4.69, 9.17) is 14.2 Å². The first-order chi connectivity index (χ1) is 20.0. The molecule has 14 heteroatoms. The Bertz CT molecular complexity index is 1470. The maximum atomic E-state index is 14.9. The summed E-state index contributed by atoms with van der Waals surface area (Å²) < 4.78 is 44.0. The van der Waals surface area contributed by atoms with Crippen molar-refractivity contribution in [3.8, 4) is 11.6 Å². The van der Waals surface area contributed by atoms with Gasteiger partial charge in [-0.1, -0.05) is 0 Å². The van der Waals surface area contributed by atoms with Gasteiger partial charge in [-0.3, -0.25) is 9.59 Å². The lowest BCUT2D eigenvalue weighted by Gasteiger charge is -2.28. The lowest BCUT2D eigenvalue weighted by atomic mass is 10.2. The lowest BCUT2D eigenvalue weighted by Crippen LogP contribution is -2.44. The number of rotatable bonds is 7. The van der Waals surface area contributed by atoms with Crippen molar-refractivity contribution in [2.75, 3.05) is 15.5 Å². The van der Waals surface area contributed by atoms with Crippen LogP contribution in [0.3, 0.4) is 0 Å². The van der Waals surface area contributed by atoms with E-state index < -0.39 is 53.3 Å². The predicted octanol–water partition coefficient (Wildman–Crippen LogP) is 6.19. The van der Waals surface area contributed by atoms with E-state index in [0.29, 0.717) is 10.6 Å². The van der Waals surface area contributed by atoms with Crippen LogP contribution in [0.5, 0.6) is 11.6 Å². The smallest absolute Gasteiger partial charge is 0.425 e. The second kappa shape index (κ2) is 13.2. The fraction of sp³-hybridized carbons (Fsp3) is 0.310. The number of benzene rings is 2. The van der Waals surface area contributed by atoms with Crippen LogP contribution in [0.25, 0.3) is 0 Å². The van der Waals surface area contributed by atoms with Gasteiger partial charge in [0.15, 0.2) is 17.4 Å². The number of hydrogen-bond acceptors (Lipinski definition) is 9. The van der Waals surface area contributed by atoms with Crippen molar-refractivity contribution in [1.29, 1.82) is 0 Å². The van der Waals surface area contributed by atoms with Gasteiger partial charge < -0.3 is 24.8 Å². The molecule has 0 atom stereocenters. The third-order valence-electron chi connectivity index (χ3n) is 4.89. The molecule has 43 heavy (non-hydrogen) atoms. The van der Waals surface area contributed by atoms with Gasteiger partial charge in [0, 0.05) is 23.5 Å². The number of nitrogens with one attached hydrogen (secondary N) is 2. The molecule has 0 fully saturated rings. The maximum absolute atomic E-state index is 14.9. The molecule has 12 nitrogen and oxygen atoms in total. The number of imide groups is 1. The van der Waals surface area contributed by atoms with E-state index in [1.807, 2.05) is 0 Å². The molecule has 228 valence electrons. The monoisotopic (exact) mass is 599 g/mol. The third kappa shape index (κ3) is 10.3. The highest BCUT2D eigenvalue weighted by atomic mass is 19.1. The molecule has 3 rings (SSSR count). The Hall–Kier alpha value is -5.14. The summed E-state index contributed by atoms with van der Waals surface area (Å²) >= 11 is 0. The van der Waals surface area contributed by atoms with Gasteiger partial charge in [0.1, 0.15) is 29.8 Å². The summed E-state index contributed by atoms with van der Waals surface area (Å²) in [6, 6.07) is 9.59. The fourth-order valence-corrected chi connectivity index (χ4v) is 3.25. The fourth-order valence-electron chi connectivity index (χ4n) is 3.25. The molecule has 0 aliphatic heterocycles. The molecule has 1 aromatic heterocycles. The number of carbonyl (C=O) groups is 4. The Kier molecular flexibility index (Phi) is 9.96. The summed E-state index contributed by atoms with van der Waals surface area (Å²) in [6.45, 7) is 9.69. The number of carbonyl (C=O) groups excluding carboxylic acids is 4. The topological polar surface area (TPSA) is 149 Å². The van der Waals surface area contributed by atoms with Crippen LogP contribution >= 0.6 is 0 Å². The maximum Gasteiger partial charge on any atom is 0.425 e. The average molecular weight is 600 g/mol. The minimum absolute atomic E-state index is 0.0360. The first kappa shape index (κ1) is 32.4. The van der Waals surface area contributed by atoms with Gasteiger partial charge in [-0.25, -0.2) is 28.3 Å². The number of aromatic nitrogens is 2. The van der Waals surface area contributed by atoms with Crippen LogP contribution in [0.1, 0.15) is 48.0 Å². The molecule has 0 spiro atoms. The highest BCUT2D eigenvalue weighted by Gasteiger charge is 2.34. The van der Waals surface area contributed by atoms with Gasteiger partial charge in [0.2, 0.25) is 17.7 Å². The van der Waals surface area contributed by atoms with Crippen molar-refractivity contribution in [1.82, 2.24) is 9.97 Å². The van der Waals surface area contributed by atoms with Crippen molar-refractivity contribution >= 4 is 41.2 Å². The molecule has 0 aliphatic rings. The highest BCUT2D eigenvalue weighted by molar-refractivity contribution is 6.09. The van der Waals surface area contributed by atoms with Crippen LogP contribution in [-0.4, -0.2) is 45.2 Å². The van der Waals surface area contributed by atoms with E-state index in [1.54, 1.807) is 41.5 Å². The number of anilines is 3. The van der Waals surface area contributed by atoms with Gasteiger partial charge in [-0.15, -0.1) is 0 Å². The molecule has 4 amide bonds. The molecular weight excluding hydrogens is 568 g/mol. The molecule has 0 radical (unpaired) electrons. The largest absolute Gasteiger partial charge is 0.443 e. The van der Waals surface area contributed by atoms with E-state index in [9.17, 15) is 28.0 Å². The van der Waals surface area contributed by atoms with Crippen molar-refractivity contribution in [2.45, 2.75) is 59.2 Å². The second-order valence-corrected chi connectivity index (χ2v) is 11.0. The zero-order valence-electron chi connectivity index (χ0n) is 24.4. The van der Waals surface area contributed by atoms with E-state index in [-0.39, 0.29) is 23.1 Å². The predicted molar refractivity (Wildman–Crippen MR) is 152 cm³/mol. The zero-order valence-corrected chi connectivity index (χ0v) is 24.4. The number of halogens is 2. The van der Waals surface area contributed by atoms with Gasteiger partial charge >= 0.3 is 12.2 Å². The van der Waals surface area contributed by atoms with Crippen molar-refractivity contribution < 1.29 is 42.2 Å². The van der Waals surface area contributed by atoms with Crippen LogP contribution in [0.4, 0.5) is 35.6 Å². The highest BCUT2D eigenvalue weighted by Crippen LogP contribution is 2.28. The number of ether oxygens (including phenoxy) is 3. The summed E-state index contributed by atoms with van der Waals surface area (Å²) in [6.07, 6.45) is -1.71. The van der Waals surface area contributed by atoms with Crippen LogP contribution in [0, 0.1) is 11.6 Å². The standard InChI is InChI=1S/C29H31F2N5O7/c1-28(2,3)42-26(39)36(27(40)43-29(4,5)6)22-14-25(33-16-32-22)41-21-12-11-19(13-20(21)31)35-24(38)15-23(37)34-18-9-7-17(30)8-10-18/h7-14,16H,15H2,1-6H3,(H,34,37)(H,35,38). The van der Waals surface area contributed by atoms with Gasteiger partial charge in [-0.2, -0.15) is 4.90 Å². The Morgan fingerprint density at radius 2 is 1.30 bits per heavy atom. The van der Waals surface area contributed by atoms with Gasteiger partial charge in [-0.05, 0) is 77.9 Å². The van der Waals surface area contributed by atoms with Gasteiger partial charge in [0.25, 0.3) is 0 Å². The summed E-state index contributed by atoms with van der Waals surface area (Å²) in [5, 5.41) is 4.84. The number of hydrogen-bond donors (Lipinski definition) is 2. The summed E-state index contributed by atoms with van der Waals surface area (Å²) in [5.41, 5.74) is -1.55. The minimum atomic E-state index is -1.07. The minimum Gasteiger partial charge on any atom is -0.443 e. The second-order valence-electron chi connectivity index (χ2n) is 11.0. The molecule has 0 saturated heterocycles. The summed E-state index contributed by atoms with van der Waals surface area (Å²) in [5.74, 6) is -3.54. The van der Waals surface area contributed by atoms with E-state index in [2.05, 4.69) is 20.6 Å². The molecule has 2 aromatic carbocycles. The number of amides is 4. The molecule has 1 heterocycles. The van der Waals surface area contributed by atoms with Crippen molar-refractivity contribution in [3.63, 3.8) is 0 Å². The molecule has 0 saturated carbocycles. The molecule has 0 aliphatic carbocycles. The Morgan fingerprint density at radius 1 is 0.767 bits per heavy atom. The first-order valence-electron chi connectivity index (χ1n) is 12.9. The Balaban J connectivity index is 1.71. The molecule has 0 unspecified atom stereocenters. The Morgan fingerprint density at radius 3 is 1.84 bits per heavy atom. The van der Waals surface area contributed by atoms with Crippen LogP contribution in [0.15, 0.2) is 54.9 Å². The SMILES string of the molecule is CC(C)(C)OC(=O)N(C(=O)OC(C)(C)C)c1cc(Oc2ccc(NC(=O)CC(=O)Nc3ccc(F)cc3)cc2F)ncn1. The third-order valence-corrected chi connectivity index (χ3v) is 4.89. The molecular formula is C29H31F2N5O7. The first-order valence-corrected chi connectivity index (χ1v) is 12.9. The molecule has 2 N–H and O–H groups in total. The Labute approximate surface area is 246 Å². The van der Waals surface area contributed by atoms with Crippen LogP contribution in [-0.2, 0) is 19.1 Å². The zero-order chi connectivity index (χ0) is 31.9. The van der Waals surface area contributed by atoms with E-state index >= 15 is 0 Å². The summed E-state index contributed by atoms with van der Waals surface area (Å²) in [4.78, 5) is 58.5. The lowest BCUT2D eigenvalue weighted by molar-refractivity contribution is -0.123. The summed E-state index contributed by atoms with van der Waals surface area (Å²) in [7, 11) is 0.